The van der Waals surface area contributed by atoms with Gasteiger partial charge in [-0.2, -0.15) is 0 Å². The van der Waals surface area contributed by atoms with Crippen molar-refractivity contribution in [2.75, 3.05) is 13.1 Å². The Balaban J connectivity index is 0.00000280. The number of aryl methyl sites for hydroxylation is 1. The molecular weight excluding hydrogens is 467 g/mol. The van der Waals surface area contributed by atoms with Crippen molar-refractivity contribution in [2.24, 2.45) is 4.99 Å². The maximum absolute atomic E-state index is 10.6. The van der Waals surface area contributed by atoms with Gasteiger partial charge < -0.3 is 20.2 Å². The summed E-state index contributed by atoms with van der Waals surface area (Å²) in [7, 11) is 0. The third kappa shape index (κ3) is 6.48. The van der Waals surface area contributed by atoms with Gasteiger partial charge in [0.1, 0.15) is 12.0 Å². The lowest BCUT2D eigenvalue weighted by molar-refractivity contribution is 0.00859. The molecule has 7 heteroatoms. The summed E-state index contributed by atoms with van der Waals surface area (Å²) in [6.07, 6.45) is 6.74. The molecule has 1 aromatic heterocycles. The first-order chi connectivity index (χ1) is 13.1. The lowest BCUT2D eigenvalue weighted by Crippen LogP contribution is -2.48. The number of aromatic nitrogens is 1. The zero-order chi connectivity index (χ0) is 19.1. The van der Waals surface area contributed by atoms with Gasteiger partial charge in [-0.3, -0.25) is 0 Å². The van der Waals surface area contributed by atoms with Crippen LogP contribution in [0.25, 0.3) is 11.5 Å². The van der Waals surface area contributed by atoms with Gasteiger partial charge in [0.05, 0.1) is 12.1 Å². The zero-order valence-electron chi connectivity index (χ0n) is 16.7. The molecule has 2 aromatic rings. The van der Waals surface area contributed by atoms with Crippen LogP contribution in [0.15, 0.2) is 39.9 Å². The molecule has 0 unspecified atom stereocenters. The van der Waals surface area contributed by atoms with E-state index in [4.69, 9.17) is 4.42 Å². The number of hydrogen-bond donors (Lipinski definition) is 3. The number of hydrogen-bond acceptors (Lipinski definition) is 4. The highest BCUT2D eigenvalue weighted by Crippen LogP contribution is 2.27. The highest BCUT2D eigenvalue weighted by atomic mass is 127. The molecule has 28 heavy (non-hydrogen) atoms. The van der Waals surface area contributed by atoms with E-state index in [2.05, 4.69) is 27.5 Å². The fraction of sp³-hybridized carbons (Fsp3) is 0.524. The molecule has 0 saturated heterocycles. The van der Waals surface area contributed by atoms with E-state index in [0.717, 1.165) is 43.5 Å². The van der Waals surface area contributed by atoms with Crippen LogP contribution in [0.4, 0.5) is 0 Å². The molecule has 0 aliphatic heterocycles. The Kier molecular flexibility index (Phi) is 8.75. The number of benzene rings is 1. The quantitative estimate of drug-likeness (QED) is 0.319. The molecule has 0 radical (unpaired) electrons. The molecular formula is C21H31IN4O2. The highest BCUT2D eigenvalue weighted by Gasteiger charge is 2.29. The molecule has 1 aromatic carbocycles. The molecule has 0 atom stereocenters. The van der Waals surface area contributed by atoms with Crippen molar-refractivity contribution >= 4 is 29.9 Å². The van der Waals surface area contributed by atoms with Crippen LogP contribution in [0.3, 0.4) is 0 Å². The van der Waals surface area contributed by atoms with Gasteiger partial charge in [-0.25, -0.2) is 9.98 Å². The third-order valence-corrected chi connectivity index (χ3v) is 4.96. The van der Waals surface area contributed by atoms with Crippen LogP contribution >= 0.6 is 24.0 Å². The third-order valence-electron chi connectivity index (χ3n) is 4.96. The molecule has 1 fully saturated rings. The Morgan fingerprint density at radius 3 is 2.57 bits per heavy atom. The first-order valence-electron chi connectivity index (χ1n) is 9.84. The first kappa shape index (κ1) is 22.7. The largest absolute Gasteiger partial charge is 0.444 e. The lowest BCUT2D eigenvalue weighted by atomic mass is 9.85. The maximum Gasteiger partial charge on any atom is 0.226 e. The van der Waals surface area contributed by atoms with Crippen LogP contribution in [0.5, 0.6) is 0 Å². The van der Waals surface area contributed by atoms with Crippen molar-refractivity contribution in [1.29, 1.82) is 0 Å². The summed E-state index contributed by atoms with van der Waals surface area (Å²) >= 11 is 0. The molecule has 1 aliphatic carbocycles. The van der Waals surface area contributed by atoms with Crippen LogP contribution in [0.1, 0.15) is 50.3 Å². The molecule has 0 bridgehead atoms. The fourth-order valence-electron chi connectivity index (χ4n) is 3.35. The number of nitrogens with zero attached hydrogens (tertiary/aromatic N) is 2. The van der Waals surface area contributed by atoms with E-state index >= 15 is 0 Å². The van der Waals surface area contributed by atoms with Gasteiger partial charge >= 0.3 is 0 Å². The highest BCUT2D eigenvalue weighted by molar-refractivity contribution is 14.0. The Hall–Kier alpha value is -1.61. The number of guanidine groups is 1. The normalized spacial score (nSPS) is 16.3. The van der Waals surface area contributed by atoms with E-state index < -0.39 is 5.60 Å². The second-order valence-electron chi connectivity index (χ2n) is 7.34. The van der Waals surface area contributed by atoms with Crippen LogP contribution in [0, 0.1) is 6.92 Å². The van der Waals surface area contributed by atoms with Gasteiger partial charge in [0.2, 0.25) is 5.89 Å². The van der Waals surface area contributed by atoms with Crippen molar-refractivity contribution in [3.8, 4) is 11.5 Å². The molecule has 1 saturated carbocycles. The lowest BCUT2D eigenvalue weighted by Gasteiger charge is -2.32. The average Bonchev–Trinajstić information content (AvgIpc) is 3.14. The van der Waals surface area contributed by atoms with Crippen molar-refractivity contribution in [2.45, 2.75) is 58.1 Å². The summed E-state index contributed by atoms with van der Waals surface area (Å²) in [5.74, 6) is 1.30. The Labute approximate surface area is 184 Å². The predicted molar refractivity (Wildman–Crippen MR) is 123 cm³/mol. The van der Waals surface area contributed by atoms with Crippen LogP contribution < -0.4 is 10.6 Å². The second-order valence-corrected chi connectivity index (χ2v) is 7.34. The van der Waals surface area contributed by atoms with E-state index in [9.17, 15) is 5.11 Å². The summed E-state index contributed by atoms with van der Waals surface area (Å²) < 4.78 is 5.59. The average molecular weight is 498 g/mol. The molecule has 1 heterocycles. The minimum atomic E-state index is -0.624. The monoisotopic (exact) mass is 498 g/mol. The van der Waals surface area contributed by atoms with Crippen LogP contribution in [-0.2, 0) is 6.54 Å². The van der Waals surface area contributed by atoms with Crippen molar-refractivity contribution in [1.82, 2.24) is 15.6 Å². The molecule has 6 nitrogen and oxygen atoms in total. The van der Waals surface area contributed by atoms with Gasteiger partial charge in [0.15, 0.2) is 5.96 Å². The van der Waals surface area contributed by atoms with Gasteiger partial charge in [0.25, 0.3) is 0 Å². The smallest absolute Gasteiger partial charge is 0.226 e. The van der Waals surface area contributed by atoms with Gasteiger partial charge in [-0.05, 0) is 38.8 Å². The van der Waals surface area contributed by atoms with Gasteiger partial charge in [0, 0.05) is 18.7 Å². The SMILES string of the molecule is CCNC(=NCc1coc(-c2ccc(C)cc2)n1)NCC1(O)CCCCC1.I. The van der Waals surface area contributed by atoms with E-state index in [1.165, 1.54) is 12.0 Å². The van der Waals surface area contributed by atoms with Crippen molar-refractivity contribution < 1.29 is 9.52 Å². The molecule has 3 N–H and O–H groups in total. The van der Waals surface area contributed by atoms with Gasteiger partial charge in [-0.15, -0.1) is 24.0 Å². The van der Waals surface area contributed by atoms with Crippen molar-refractivity contribution in [3.05, 3.63) is 41.8 Å². The number of oxazole rings is 1. The summed E-state index contributed by atoms with van der Waals surface area (Å²) in [6, 6.07) is 8.09. The minimum absolute atomic E-state index is 0. The number of aliphatic imine (C=N–C) groups is 1. The molecule has 0 amide bonds. The number of nitrogens with one attached hydrogen (secondary N) is 2. The molecule has 0 spiro atoms. The van der Waals surface area contributed by atoms with E-state index in [1.807, 2.05) is 31.2 Å². The van der Waals surface area contributed by atoms with Gasteiger partial charge in [-0.1, -0.05) is 37.0 Å². The Morgan fingerprint density at radius 1 is 1.18 bits per heavy atom. The van der Waals surface area contributed by atoms with E-state index in [1.54, 1.807) is 6.26 Å². The minimum Gasteiger partial charge on any atom is -0.444 e. The zero-order valence-corrected chi connectivity index (χ0v) is 19.0. The number of halogens is 1. The Morgan fingerprint density at radius 2 is 1.89 bits per heavy atom. The topological polar surface area (TPSA) is 82.7 Å². The standard InChI is InChI=1S/C21H30N4O2.HI/c1-3-22-20(24-15-21(26)11-5-4-6-12-21)23-13-18-14-27-19(25-18)17-9-7-16(2)8-10-17;/h7-10,14,26H,3-6,11-13,15H2,1-2H3,(H2,22,23,24);1H. The van der Waals surface area contributed by atoms with E-state index in [0.29, 0.717) is 24.9 Å². The summed E-state index contributed by atoms with van der Waals surface area (Å²) in [4.78, 5) is 9.11. The Bertz CT molecular complexity index is 752. The number of rotatable bonds is 6. The van der Waals surface area contributed by atoms with E-state index in [-0.39, 0.29) is 24.0 Å². The predicted octanol–water partition coefficient (Wildman–Crippen LogP) is 4.02. The molecule has 1 aliphatic rings. The second kappa shape index (κ2) is 10.8. The fourth-order valence-corrected chi connectivity index (χ4v) is 3.35. The maximum atomic E-state index is 10.6. The van der Waals surface area contributed by atoms with Crippen molar-refractivity contribution in [3.63, 3.8) is 0 Å². The van der Waals surface area contributed by atoms with Crippen LogP contribution in [0.2, 0.25) is 0 Å². The first-order valence-corrected chi connectivity index (χ1v) is 9.84. The van der Waals surface area contributed by atoms with Crippen LogP contribution in [-0.4, -0.2) is 34.7 Å². The summed E-state index contributed by atoms with van der Waals surface area (Å²) in [5.41, 5.74) is 2.32. The molecule has 154 valence electrons. The summed E-state index contributed by atoms with van der Waals surface area (Å²) in [5, 5.41) is 17.1. The molecule has 3 rings (SSSR count). The number of aliphatic hydroxyl groups is 1. The summed E-state index contributed by atoms with van der Waals surface area (Å²) in [6.45, 7) is 5.78.